The van der Waals surface area contributed by atoms with Gasteiger partial charge in [0.15, 0.2) is 0 Å². The molecule has 0 unspecified atom stereocenters. The van der Waals surface area contributed by atoms with Gasteiger partial charge < -0.3 is 25.3 Å². The van der Waals surface area contributed by atoms with Crippen LogP contribution < -0.4 is 16.4 Å². The van der Waals surface area contributed by atoms with Crippen molar-refractivity contribution in [1.29, 1.82) is 0 Å². The molecule has 0 aliphatic carbocycles. The van der Waals surface area contributed by atoms with E-state index in [1.165, 1.54) is 0 Å². The van der Waals surface area contributed by atoms with Crippen LogP contribution in [-0.2, 0) is 32.7 Å². The molecule has 0 aliphatic rings. The summed E-state index contributed by atoms with van der Waals surface area (Å²) in [5.41, 5.74) is 11.8. The SMILES string of the molecule is CCn1nc(C)cc1CNc1nc2cc(C(=O)O)ccc2n1CCCCn1c(NC(=O)c2cc(C)nn2CC)nc2cc(C(N)=O)ccc21. The van der Waals surface area contributed by atoms with Crippen LogP contribution in [0.1, 0.15) is 75.0 Å². The number of nitrogens with one attached hydrogen (secondary N) is 2. The molecule has 0 bridgehead atoms. The summed E-state index contributed by atoms with van der Waals surface area (Å²) in [6.45, 7) is 10.6. The number of rotatable bonds is 14. The van der Waals surface area contributed by atoms with E-state index in [1.807, 2.05) is 43.0 Å². The minimum atomic E-state index is -1.01. The predicted molar refractivity (Wildman–Crippen MR) is 185 cm³/mol. The van der Waals surface area contributed by atoms with Crippen molar-refractivity contribution < 1.29 is 19.5 Å². The summed E-state index contributed by atoms with van der Waals surface area (Å²) in [5, 5.41) is 24.9. The fourth-order valence-electron chi connectivity index (χ4n) is 6.09. The first kappa shape index (κ1) is 32.9. The number of benzene rings is 2. The maximum atomic E-state index is 13.4. The van der Waals surface area contributed by atoms with Gasteiger partial charge in [0.05, 0.1) is 51.3 Å². The number of carboxylic acids is 1. The number of aryl methyl sites for hydroxylation is 6. The van der Waals surface area contributed by atoms with Crippen molar-refractivity contribution in [3.8, 4) is 0 Å². The van der Waals surface area contributed by atoms with Crippen molar-refractivity contribution in [2.45, 2.75) is 73.3 Å². The first-order valence-electron chi connectivity index (χ1n) is 16.2. The second kappa shape index (κ2) is 13.6. The molecule has 0 saturated carbocycles. The maximum Gasteiger partial charge on any atom is 0.335 e. The Bertz CT molecular complexity index is 2200. The number of anilines is 2. The van der Waals surface area contributed by atoms with Gasteiger partial charge in [-0.2, -0.15) is 10.2 Å². The lowest BCUT2D eigenvalue weighted by Crippen LogP contribution is -2.20. The van der Waals surface area contributed by atoms with Crippen LogP contribution in [0.25, 0.3) is 22.1 Å². The zero-order chi connectivity index (χ0) is 34.8. The molecule has 49 heavy (non-hydrogen) atoms. The van der Waals surface area contributed by atoms with Gasteiger partial charge in [0.25, 0.3) is 5.91 Å². The highest BCUT2D eigenvalue weighted by atomic mass is 16.4. The van der Waals surface area contributed by atoms with Crippen molar-refractivity contribution in [2.24, 2.45) is 5.73 Å². The van der Waals surface area contributed by atoms with E-state index in [1.54, 1.807) is 47.1 Å². The van der Waals surface area contributed by atoms with E-state index >= 15 is 0 Å². The number of imidazole rings is 2. The summed E-state index contributed by atoms with van der Waals surface area (Å²) in [5.74, 6) is -0.938. The third-order valence-electron chi connectivity index (χ3n) is 8.41. The number of unbranched alkanes of at least 4 members (excludes halogenated alkanes) is 1. The fraction of sp³-hybridized carbons (Fsp3) is 0.324. The molecule has 4 heterocycles. The minimum absolute atomic E-state index is 0.168. The number of aromatic nitrogens is 8. The molecule has 2 amide bonds. The molecular weight excluding hydrogens is 626 g/mol. The van der Waals surface area contributed by atoms with Crippen molar-refractivity contribution in [3.05, 3.63) is 82.4 Å². The quantitative estimate of drug-likeness (QED) is 0.121. The average Bonchev–Trinajstić information content (AvgIpc) is 3.83. The molecule has 0 saturated heterocycles. The highest BCUT2D eigenvalue weighted by Gasteiger charge is 2.20. The van der Waals surface area contributed by atoms with E-state index in [4.69, 9.17) is 10.7 Å². The smallest absolute Gasteiger partial charge is 0.335 e. The van der Waals surface area contributed by atoms with E-state index in [0.717, 1.165) is 41.1 Å². The third-order valence-corrected chi connectivity index (χ3v) is 8.41. The van der Waals surface area contributed by atoms with E-state index in [-0.39, 0.29) is 11.5 Å². The van der Waals surface area contributed by atoms with E-state index in [0.29, 0.717) is 66.8 Å². The number of carbonyl (C=O) groups is 3. The number of nitrogens with zero attached hydrogens (tertiary/aromatic N) is 8. The van der Waals surface area contributed by atoms with Crippen LogP contribution in [0, 0.1) is 13.8 Å². The molecule has 4 aromatic heterocycles. The van der Waals surface area contributed by atoms with Gasteiger partial charge in [0.1, 0.15) is 5.69 Å². The third kappa shape index (κ3) is 6.72. The zero-order valence-electron chi connectivity index (χ0n) is 27.9. The van der Waals surface area contributed by atoms with Crippen molar-refractivity contribution in [1.82, 2.24) is 38.7 Å². The number of amides is 2. The van der Waals surface area contributed by atoms with E-state index in [9.17, 15) is 19.5 Å². The number of primary amides is 1. The molecule has 15 nitrogen and oxygen atoms in total. The predicted octanol–water partition coefficient (Wildman–Crippen LogP) is 4.58. The fourth-order valence-corrected chi connectivity index (χ4v) is 6.09. The summed E-state index contributed by atoms with van der Waals surface area (Å²) >= 11 is 0. The minimum Gasteiger partial charge on any atom is -0.478 e. The highest BCUT2D eigenvalue weighted by molar-refractivity contribution is 6.03. The molecule has 6 aromatic rings. The van der Waals surface area contributed by atoms with E-state index < -0.39 is 11.9 Å². The van der Waals surface area contributed by atoms with Gasteiger partial charge in [-0.25, -0.2) is 14.8 Å². The van der Waals surface area contributed by atoms with Crippen molar-refractivity contribution in [3.63, 3.8) is 0 Å². The van der Waals surface area contributed by atoms with Gasteiger partial charge in [0, 0.05) is 31.7 Å². The largest absolute Gasteiger partial charge is 0.478 e. The average molecular weight is 666 g/mol. The molecule has 0 atom stereocenters. The Morgan fingerprint density at radius 1 is 0.776 bits per heavy atom. The number of aromatic carboxylic acids is 1. The highest BCUT2D eigenvalue weighted by Crippen LogP contribution is 2.25. The van der Waals surface area contributed by atoms with Crippen LogP contribution in [0.15, 0.2) is 48.5 Å². The van der Waals surface area contributed by atoms with Crippen LogP contribution in [0.3, 0.4) is 0 Å². The summed E-state index contributed by atoms with van der Waals surface area (Å²) in [6, 6.07) is 13.8. The molecule has 0 spiro atoms. The van der Waals surface area contributed by atoms with Crippen LogP contribution in [0.4, 0.5) is 11.9 Å². The summed E-state index contributed by atoms with van der Waals surface area (Å²) < 4.78 is 7.56. The van der Waals surface area contributed by atoms with Gasteiger partial charge in [-0.1, -0.05) is 0 Å². The molecule has 5 N–H and O–H groups in total. The van der Waals surface area contributed by atoms with Gasteiger partial charge in [-0.15, -0.1) is 0 Å². The Balaban J connectivity index is 1.25. The van der Waals surface area contributed by atoms with Crippen molar-refractivity contribution in [2.75, 3.05) is 10.6 Å². The van der Waals surface area contributed by atoms with Crippen LogP contribution >= 0.6 is 0 Å². The Labute approximate surface area is 281 Å². The topological polar surface area (TPSA) is 193 Å². The van der Waals surface area contributed by atoms with E-state index in [2.05, 4.69) is 30.4 Å². The Morgan fingerprint density at radius 2 is 1.35 bits per heavy atom. The molecular formula is C34H39N11O4. The molecule has 0 fully saturated rings. The first-order chi connectivity index (χ1) is 23.6. The van der Waals surface area contributed by atoms with Crippen LogP contribution in [-0.4, -0.2) is 61.6 Å². The standard InChI is InChI=1S/C34H39N11O4/c1-5-44-24(15-20(3)40-44)19-36-33-37-26-18-23(32(48)49)10-12-27(26)42(33)13-7-8-14-43-28-11-9-22(30(35)46)17-25(28)38-34(43)39-31(47)29-16-21(4)41-45(29)6-2/h9-12,15-18H,5-8,13-14,19H2,1-4H3,(H2,35,46)(H,36,37)(H,48,49)(H,38,39,47). The second-order valence-corrected chi connectivity index (χ2v) is 11.8. The van der Waals surface area contributed by atoms with Gasteiger partial charge >= 0.3 is 5.97 Å². The first-order valence-corrected chi connectivity index (χ1v) is 16.2. The zero-order valence-corrected chi connectivity index (χ0v) is 27.9. The number of hydrogen-bond acceptors (Lipinski definition) is 8. The molecule has 2 aromatic carbocycles. The Kier molecular flexibility index (Phi) is 9.16. The van der Waals surface area contributed by atoms with Crippen LogP contribution in [0.5, 0.6) is 0 Å². The van der Waals surface area contributed by atoms with Crippen molar-refractivity contribution >= 4 is 51.7 Å². The monoisotopic (exact) mass is 665 g/mol. The summed E-state index contributed by atoms with van der Waals surface area (Å²) in [6.07, 6.45) is 1.42. The number of nitrogens with two attached hydrogens (primary N) is 1. The normalized spacial score (nSPS) is 11.4. The number of carboxylic acid groups (broad SMARTS) is 1. The lowest BCUT2D eigenvalue weighted by atomic mass is 10.2. The molecule has 15 heteroatoms. The summed E-state index contributed by atoms with van der Waals surface area (Å²) in [7, 11) is 0. The second-order valence-electron chi connectivity index (χ2n) is 11.8. The number of carbonyl (C=O) groups excluding carboxylic acids is 2. The lowest BCUT2D eigenvalue weighted by molar-refractivity contribution is 0.0696. The molecule has 0 aliphatic heterocycles. The number of fused-ring (bicyclic) bond motifs is 2. The Hall–Kier alpha value is -5.99. The van der Waals surface area contributed by atoms with Gasteiger partial charge in [-0.3, -0.25) is 24.3 Å². The Morgan fingerprint density at radius 3 is 1.98 bits per heavy atom. The van der Waals surface area contributed by atoms with Gasteiger partial charge in [0.2, 0.25) is 17.8 Å². The van der Waals surface area contributed by atoms with Gasteiger partial charge in [-0.05, 0) is 89.1 Å². The summed E-state index contributed by atoms with van der Waals surface area (Å²) in [4.78, 5) is 46.4. The molecule has 6 rings (SSSR count). The number of hydrogen-bond donors (Lipinski definition) is 4. The molecule has 0 radical (unpaired) electrons. The molecule has 254 valence electrons. The maximum absolute atomic E-state index is 13.4. The van der Waals surface area contributed by atoms with Crippen LogP contribution in [0.2, 0.25) is 0 Å². The lowest BCUT2D eigenvalue weighted by Gasteiger charge is -2.13.